The number of hydrogen-bond acceptors (Lipinski definition) is 1. The smallest absolute Gasteiger partial charge is 0.0465 e. The van der Waals surface area contributed by atoms with E-state index in [0.717, 1.165) is 17.8 Å². The van der Waals surface area contributed by atoms with Crippen molar-refractivity contribution < 1.29 is 0 Å². The molecule has 9 rings (SSSR count). The van der Waals surface area contributed by atoms with Gasteiger partial charge in [0.15, 0.2) is 0 Å². The van der Waals surface area contributed by atoms with Crippen LogP contribution >= 0.6 is 0 Å². The van der Waals surface area contributed by atoms with E-state index in [2.05, 4.69) is 202 Å². The molecule has 1 atom stereocenters. The molecule has 0 amide bonds. The predicted molar refractivity (Wildman–Crippen MR) is 215 cm³/mol. The highest BCUT2D eigenvalue weighted by Crippen LogP contribution is 2.60. The zero-order valence-corrected chi connectivity index (χ0v) is 29.9. The Bertz CT molecular complexity index is 2330. The number of benzene rings is 7. The van der Waals surface area contributed by atoms with Crippen LogP contribution in [0.25, 0.3) is 22.3 Å². The summed E-state index contributed by atoms with van der Waals surface area (Å²) < 4.78 is 0. The Kier molecular flexibility index (Phi) is 7.37. The average molecular weight is 658 g/mol. The van der Waals surface area contributed by atoms with Gasteiger partial charge in [-0.3, -0.25) is 0 Å². The second kappa shape index (κ2) is 12.0. The van der Waals surface area contributed by atoms with Crippen molar-refractivity contribution in [1.29, 1.82) is 0 Å². The Morgan fingerprint density at radius 3 is 1.41 bits per heavy atom. The van der Waals surface area contributed by atoms with Crippen molar-refractivity contribution >= 4 is 17.1 Å². The highest BCUT2D eigenvalue weighted by molar-refractivity contribution is 5.92. The predicted octanol–water partition coefficient (Wildman–Crippen LogP) is 13.1. The summed E-state index contributed by atoms with van der Waals surface area (Å²) in [5, 5.41) is 0. The first-order valence-corrected chi connectivity index (χ1v) is 18.3. The average Bonchev–Trinajstić information content (AvgIpc) is 3.54. The van der Waals surface area contributed by atoms with Crippen molar-refractivity contribution in [2.24, 2.45) is 0 Å². The molecule has 2 aliphatic rings. The Morgan fingerprint density at radius 1 is 0.412 bits per heavy atom. The first-order chi connectivity index (χ1) is 24.8. The van der Waals surface area contributed by atoms with Crippen LogP contribution in [0.3, 0.4) is 0 Å². The molecular formula is C50H43N. The molecule has 0 radical (unpaired) electrons. The Balaban J connectivity index is 1.15. The molecular weight excluding hydrogens is 615 g/mol. The number of hydrogen-bond donors (Lipinski definition) is 0. The van der Waals surface area contributed by atoms with Gasteiger partial charge < -0.3 is 4.90 Å². The topological polar surface area (TPSA) is 3.24 Å². The standard InChI is InChI=1S/C50H43N/c1-49(2)45-32-36(44(35-19-11-6-12-20-35)31-34-17-9-5-10-18-34)25-27-40(45)42-29-30-43-41-28-26-39(33-46(41)50(3,4)48(43)47(42)49)51(37-21-13-7-14-22-37)38-23-15-8-16-24-38/h5-30,32-33,44H,31H2,1-4H3. The van der Waals surface area contributed by atoms with Gasteiger partial charge in [-0.15, -0.1) is 0 Å². The van der Waals surface area contributed by atoms with Gasteiger partial charge in [0.25, 0.3) is 0 Å². The normalized spacial score (nSPS) is 15.0. The number of rotatable bonds is 7. The van der Waals surface area contributed by atoms with Gasteiger partial charge in [0.1, 0.15) is 0 Å². The van der Waals surface area contributed by atoms with Crippen LogP contribution in [0.2, 0.25) is 0 Å². The zero-order chi connectivity index (χ0) is 34.7. The largest absolute Gasteiger partial charge is 0.310 e. The fourth-order valence-electron chi connectivity index (χ4n) is 9.14. The van der Waals surface area contributed by atoms with Crippen molar-refractivity contribution in [3.8, 4) is 22.3 Å². The minimum atomic E-state index is -0.174. The molecule has 2 aliphatic carbocycles. The van der Waals surface area contributed by atoms with Gasteiger partial charge >= 0.3 is 0 Å². The van der Waals surface area contributed by atoms with Gasteiger partial charge in [-0.25, -0.2) is 0 Å². The second-order valence-electron chi connectivity index (χ2n) is 15.4. The van der Waals surface area contributed by atoms with E-state index in [4.69, 9.17) is 0 Å². The van der Waals surface area contributed by atoms with Crippen LogP contribution in [0, 0.1) is 0 Å². The zero-order valence-electron chi connectivity index (χ0n) is 29.9. The van der Waals surface area contributed by atoms with Crippen LogP contribution in [-0.4, -0.2) is 0 Å². The van der Waals surface area contributed by atoms with Crippen molar-refractivity contribution in [1.82, 2.24) is 0 Å². The molecule has 7 aromatic rings. The van der Waals surface area contributed by atoms with E-state index < -0.39 is 0 Å². The van der Waals surface area contributed by atoms with Crippen molar-refractivity contribution in [2.75, 3.05) is 4.90 Å². The number of fused-ring (bicyclic) bond motifs is 7. The minimum Gasteiger partial charge on any atom is -0.310 e. The van der Waals surface area contributed by atoms with Gasteiger partial charge in [-0.1, -0.05) is 161 Å². The molecule has 248 valence electrons. The monoisotopic (exact) mass is 657 g/mol. The molecule has 0 bridgehead atoms. The van der Waals surface area contributed by atoms with Crippen LogP contribution in [0.4, 0.5) is 17.1 Å². The third-order valence-electron chi connectivity index (χ3n) is 11.6. The molecule has 1 nitrogen and oxygen atoms in total. The lowest BCUT2D eigenvalue weighted by atomic mass is 9.72. The molecule has 1 heteroatoms. The molecule has 0 spiro atoms. The number of nitrogens with zero attached hydrogens (tertiary/aromatic N) is 1. The molecule has 0 N–H and O–H groups in total. The molecule has 0 fully saturated rings. The van der Waals surface area contributed by atoms with E-state index in [1.54, 1.807) is 0 Å². The van der Waals surface area contributed by atoms with Crippen molar-refractivity contribution in [3.63, 3.8) is 0 Å². The fourth-order valence-corrected chi connectivity index (χ4v) is 9.14. The Morgan fingerprint density at radius 2 is 0.863 bits per heavy atom. The molecule has 51 heavy (non-hydrogen) atoms. The third kappa shape index (κ3) is 5.06. The lowest BCUT2D eigenvalue weighted by molar-refractivity contribution is 0.600. The van der Waals surface area contributed by atoms with E-state index in [1.807, 2.05) is 0 Å². The van der Waals surface area contributed by atoms with Gasteiger partial charge in [-0.05, 0) is 104 Å². The van der Waals surface area contributed by atoms with Crippen LogP contribution in [0.1, 0.15) is 72.6 Å². The lowest BCUT2D eigenvalue weighted by Crippen LogP contribution is -2.24. The summed E-state index contributed by atoms with van der Waals surface area (Å²) in [6, 6.07) is 62.7. The fraction of sp³-hybridized carbons (Fsp3) is 0.160. The van der Waals surface area contributed by atoms with Crippen molar-refractivity contribution in [3.05, 3.63) is 209 Å². The van der Waals surface area contributed by atoms with Gasteiger partial charge in [0, 0.05) is 33.8 Å². The first-order valence-electron chi connectivity index (χ1n) is 18.3. The summed E-state index contributed by atoms with van der Waals surface area (Å²) in [5.74, 6) is 0.278. The summed E-state index contributed by atoms with van der Waals surface area (Å²) in [7, 11) is 0. The molecule has 0 aliphatic heterocycles. The molecule has 0 saturated carbocycles. The van der Waals surface area contributed by atoms with Crippen LogP contribution in [-0.2, 0) is 17.3 Å². The molecule has 0 aromatic heterocycles. The minimum absolute atomic E-state index is 0.151. The maximum Gasteiger partial charge on any atom is 0.0465 e. The molecule has 7 aromatic carbocycles. The summed E-state index contributed by atoms with van der Waals surface area (Å²) in [4.78, 5) is 2.38. The van der Waals surface area contributed by atoms with E-state index in [-0.39, 0.29) is 16.7 Å². The van der Waals surface area contributed by atoms with Crippen LogP contribution < -0.4 is 4.90 Å². The molecule has 1 unspecified atom stereocenters. The third-order valence-corrected chi connectivity index (χ3v) is 11.6. The van der Waals surface area contributed by atoms with Crippen molar-refractivity contribution in [2.45, 2.75) is 50.9 Å². The highest BCUT2D eigenvalue weighted by Gasteiger charge is 2.46. The number of para-hydroxylation sites is 2. The maximum atomic E-state index is 2.53. The SMILES string of the molecule is CC1(C)c2cc(C(Cc3ccccc3)c3ccccc3)ccc2-c2ccc3c(c21)C(C)(C)c1cc(N(c2ccccc2)c2ccccc2)ccc1-3. The first kappa shape index (κ1) is 31.3. The maximum absolute atomic E-state index is 2.53. The highest BCUT2D eigenvalue weighted by atomic mass is 15.1. The van der Waals surface area contributed by atoms with Crippen LogP contribution in [0.5, 0.6) is 0 Å². The summed E-state index contributed by atoms with van der Waals surface area (Å²) in [5.41, 5.74) is 18.6. The summed E-state index contributed by atoms with van der Waals surface area (Å²) >= 11 is 0. The summed E-state index contributed by atoms with van der Waals surface area (Å²) in [6.45, 7) is 9.78. The van der Waals surface area contributed by atoms with E-state index in [9.17, 15) is 0 Å². The van der Waals surface area contributed by atoms with E-state index in [1.165, 1.54) is 66.9 Å². The second-order valence-corrected chi connectivity index (χ2v) is 15.4. The Labute approximate surface area is 302 Å². The van der Waals surface area contributed by atoms with Gasteiger partial charge in [0.05, 0.1) is 0 Å². The quantitative estimate of drug-likeness (QED) is 0.165. The van der Waals surface area contributed by atoms with E-state index in [0.29, 0.717) is 0 Å². The van der Waals surface area contributed by atoms with Crippen LogP contribution in [0.15, 0.2) is 170 Å². The van der Waals surface area contributed by atoms with Gasteiger partial charge in [0.2, 0.25) is 0 Å². The Hall–Kier alpha value is -5.66. The summed E-state index contributed by atoms with van der Waals surface area (Å²) in [6.07, 6.45) is 0.972. The van der Waals surface area contributed by atoms with E-state index >= 15 is 0 Å². The van der Waals surface area contributed by atoms with Gasteiger partial charge in [-0.2, -0.15) is 0 Å². The molecule has 0 heterocycles. The lowest BCUT2D eigenvalue weighted by Gasteiger charge is -2.31. The molecule has 0 saturated heterocycles. The number of anilines is 3.